The SMILES string of the molecule is CC(C)c1cccc(Nc2nc3ccncc3n(Cc3ccccc3)c2=O)c1. The Morgan fingerprint density at radius 3 is 2.64 bits per heavy atom. The molecule has 0 saturated heterocycles. The first-order valence-corrected chi connectivity index (χ1v) is 9.37. The third-order valence-electron chi connectivity index (χ3n) is 4.75. The molecule has 2 heterocycles. The van der Waals surface area contributed by atoms with E-state index in [1.54, 1.807) is 17.0 Å². The highest BCUT2D eigenvalue weighted by Gasteiger charge is 2.12. The quantitative estimate of drug-likeness (QED) is 0.553. The Balaban J connectivity index is 1.80. The molecule has 0 bridgehead atoms. The van der Waals surface area contributed by atoms with Crippen molar-refractivity contribution in [3.8, 4) is 0 Å². The van der Waals surface area contributed by atoms with Gasteiger partial charge in [0, 0.05) is 11.9 Å². The van der Waals surface area contributed by atoms with Gasteiger partial charge >= 0.3 is 0 Å². The van der Waals surface area contributed by atoms with Gasteiger partial charge in [-0.3, -0.25) is 14.3 Å². The number of nitrogens with zero attached hydrogens (tertiary/aromatic N) is 3. The topological polar surface area (TPSA) is 59.8 Å². The van der Waals surface area contributed by atoms with Crippen LogP contribution in [0.15, 0.2) is 77.9 Å². The monoisotopic (exact) mass is 370 g/mol. The summed E-state index contributed by atoms with van der Waals surface area (Å²) >= 11 is 0. The maximum atomic E-state index is 13.2. The van der Waals surface area contributed by atoms with E-state index >= 15 is 0 Å². The van der Waals surface area contributed by atoms with Crippen molar-refractivity contribution >= 4 is 22.5 Å². The minimum Gasteiger partial charge on any atom is -0.336 e. The van der Waals surface area contributed by atoms with Gasteiger partial charge in [-0.1, -0.05) is 56.3 Å². The second-order valence-electron chi connectivity index (χ2n) is 7.11. The van der Waals surface area contributed by atoms with Crippen molar-refractivity contribution in [1.29, 1.82) is 0 Å². The molecule has 0 fully saturated rings. The summed E-state index contributed by atoms with van der Waals surface area (Å²) in [6.07, 6.45) is 3.38. The number of hydrogen-bond donors (Lipinski definition) is 1. The van der Waals surface area contributed by atoms with Gasteiger partial charge in [0.15, 0.2) is 5.82 Å². The molecule has 2 aromatic carbocycles. The van der Waals surface area contributed by atoms with Crippen LogP contribution in [-0.4, -0.2) is 14.5 Å². The van der Waals surface area contributed by atoms with Crippen molar-refractivity contribution in [3.05, 3.63) is 94.5 Å². The van der Waals surface area contributed by atoms with Gasteiger partial charge in [0.05, 0.1) is 23.8 Å². The van der Waals surface area contributed by atoms with Gasteiger partial charge in [-0.25, -0.2) is 4.98 Å². The highest BCUT2D eigenvalue weighted by molar-refractivity contribution is 5.76. The van der Waals surface area contributed by atoms with E-state index < -0.39 is 0 Å². The Morgan fingerprint density at radius 1 is 1.04 bits per heavy atom. The molecule has 140 valence electrons. The maximum absolute atomic E-state index is 13.2. The number of anilines is 2. The summed E-state index contributed by atoms with van der Waals surface area (Å²) in [5, 5.41) is 3.22. The van der Waals surface area contributed by atoms with Crippen LogP contribution in [0.2, 0.25) is 0 Å². The third-order valence-corrected chi connectivity index (χ3v) is 4.75. The smallest absolute Gasteiger partial charge is 0.294 e. The van der Waals surface area contributed by atoms with Crippen molar-refractivity contribution in [2.24, 2.45) is 0 Å². The first-order chi connectivity index (χ1) is 13.6. The largest absolute Gasteiger partial charge is 0.336 e. The first kappa shape index (κ1) is 17.9. The van der Waals surface area contributed by atoms with E-state index in [9.17, 15) is 4.79 Å². The van der Waals surface area contributed by atoms with Gasteiger partial charge in [-0.15, -0.1) is 0 Å². The molecule has 1 N–H and O–H groups in total. The predicted molar refractivity (Wildman–Crippen MR) is 113 cm³/mol. The highest BCUT2D eigenvalue weighted by atomic mass is 16.1. The van der Waals surface area contributed by atoms with Gasteiger partial charge in [0.2, 0.25) is 0 Å². The molecule has 28 heavy (non-hydrogen) atoms. The van der Waals surface area contributed by atoms with Gasteiger partial charge in [0.25, 0.3) is 5.56 Å². The molecule has 0 aliphatic carbocycles. The van der Waals surface area contributed by atoms with Crippen LogP contribution in [0.4, 0.5) is 11.5 Å². The molecule has 2 aromatic heterocycles. The Kier molecular flexibility index (Phi) is 4.89. The molecular weight excluding hydrogens is 348 g/mol. The normalized spacial score (nSPS) is 11.1. The van der Waals surface area contributed by atoms with Crippen molar-refractivity contribution < 1.29 is 0 Å². The minimum absolute atomic E-state index is 0.167. The minimum atomic E-state index is -0.167. The van der Waals surface area contributed by atoms with E-state index in [0.717, 1.165) is 22.3 Å². The molecule has 0 radical (unpaired) electrons. The molecule has 4 rings (SSSR count). The molecule has 0 aliphatic heterocycles. The molecule has 0 unspecified atom stereocenters. The summed E-state index contributed by atoms with van der Waals surface area (Å²) in [4.78, 5) is 22.0. The molecule has 5 nitrogen and oxygen atoms in total. The lowest BCUT2D eigenvalue weighted by molar-refractivity contribution is 0.788. The maximum Gasteiger partial charge on any atom is 0.294 e. The molecule has 0 aliphatic rings. The lowest BCUT2D eigenvalue weighted by Gasteiger charge is -2.14. The van der Waals surface area contributed by atoms with E-state index in [2.05, 4.69) is 41.3 Å². The van der Waals surface area contributed by atoms with E-state index in [1.165, 1.54) is 5.56 Å². The fourth-order valence-electron chi connectivity index (χ4n) is 3.20. The predicted octanol–water partition coefficient (Wildman–Crippen LogP) is 4.71. The number of pyridine rings is 1. The average Bonchev–Trinajstić information content (AvgIpc) is 2.72. The number of nitrogens with one attached hydrogen (secondary N) is 1. The van der Waals surface area contributed by atoms with Crippen molar-refractivity contribution in [2.75, 3.05) is 5.32 Å². The van der Waals surface area contributed by atoms with Crippen LogP contribution in [0.1, 0.15) is 30.9 Å². The van der Waals surface area contributed by atoms with Crippen LogP contribution >= 0.6 is 0 Å². The molecule has 4 aromatic rings. The van der Waals surface area contributed by atoms with Gasteiger partial charge in [-0.2, -0.15) is 0 Å². The van der Waals surface area contributed by atoms with E-state index in [0.29, 0.717) is 18.3 Å². The molecule has 0 amide bonds. The summed E-state index contributed by atoms with van der Waals surface area (Å²) < 4.78 is 1.72. The van der Waals surface area contributed by atoms with E-state index in [-0.39, 0.29) is 5.56 Å². The summed E-state index contributed by atoms with van der Waals surface area (Å²) in [6.45, 7) is 4.76. The van der Waals surface area contributed by atoms with E-state index in [4.69, 9.17) is 0 Å². The van der Waals surface area contributed by atoms with Crippen LogP contribution in [0.3, 0.4) is 0 Å². The summed E-state index contributed by atoms with van der Waals surface area (Å²) in [5.74, 6) is 0.725. The third kappa shape index (κ3) is 3.64. The Hall–Kier alpha value is -3.47. The van der Waals surface area contributed by atoms with Crippen LogP contribution in [0.5, 0.6) is 0 Å². The van der Waals surface area contributed by atoms with Crippen molar-refractivity contribution in [1.82, 2.24) is 14.5 Å². The Morgan fingerprint density at radius 2 is 1.86 bits per heavy atom. The number of aromatic nitrogens is 3. The zero-order valence-corrected chi connectivity index (χ0v) is 16.0. The van der Waals surface area contributed by atoms with Gasteiger partial charge in [-0.05, 0) is 35.2 Å². The van der Waals surface area contributed by atoms with E-state index in [1.807, 2.05) is 48.5 Å². The van der Waals surface area contributed by atoms with Crippen LogP contribution in [-0.2, 0) is 6.54 Å². The van der Waals surface area contributed by atoms with Crippen molar-refractivity contribution in [2.45, 2.75) is 26.3 Å². The van der Waals surface area contributed by atoms with Crippen LogP contribution in [0, 0.1) is 0 Å². The second kappa shape index (κ2) is 7.64. The average molecular weight is 370 g/mol. The number of benzene rings is 2. The lowest BCUT2D eigenvalue weighted by atomic mass is 10.0. The molecule has 5 heteroatoms. The zero-order valence-electron chi connectivity index (χ0n) is 16.0. The van der Waals surface area contributed by atoms with Gasteiger partial charge in [0.1, 0.15) is 0 Å². The molecule has 0 spiro atoms. The number of rotatable bonds is 5. The number of hydrogen-bond acceptors (Lipinski definition) is 4. The van der Waals surface area contributed by atoms with Crippen LogP contribution in [0.25, 0.3) is 11.0 Å². The highest BCUT2D eigenvalue weighted by Crippen LogP contribution is 2.21. The Bertz CT molecular complexity index is 1170. The fraction of sp³-hybridized carbons (Fsp3) is 0.174. The van der Waals surface area contributed by atoms with Crippen molar-refractivity contribution in [3.63, 3.8) is 0 Å². The standard InChI is InChI=1S/C23H22N4O/c1-16(2)18-9-6-10-19(13-18)25-22-23(28)27(15-17-7-4-3-5-8-17)21-14-24-12-11-20(21)26-22/h3-14,16H,15H2,1-2H3,(H,25,26). The Labute approximate surface area is 163 Å². The molecule has 0 saturated carbocycles. The first-order valence-electron chi connectivity index (χ1n) is 9.37. The fourth-order valence-corrected chi connectivity index (χ4v) is 3.20. The van der Waals surface area contributed by atoms with Gasteiger partial charge < -0.3 is 5.32 Å². The molecular formula is C23H22N4O. The van der Waals surface area contributed by atoms with Crippen LogP contribution < -0.4 is 10.9 Å². The lowest BCUT2D eigenvalue weighted by Crippen LogP contribution is -2.25. The summed E-state index contributed by atoms with van der Waals surface area (Å²) in [7, 11) is 0. The second-order valence-corrected chi connectivity index (χ2v) is 7.11. The zero-order chi connectivity index (χ0) is 19.5. The summed E-state index contributed by atoms with van der Waals surface area (Å²) in [6, 6.07) is 19.8. The molecule has 0 atom stereocenters. The number of fused-ring (bicyclic) bond motifs is 1. The summed E-state index contributed by atoms with van der Waals surface area (Å²) in [5.41, 5.74) is 4.40.